The Balaban J connectivity index is 3.19. The van der Waals surface area contributed by atoms with Crippen LogP contribution in [0.4, 0.5) is 0 Å². The summed E-state index contributed by atoms with van der Waals surface area (Å²) in [5.74, 6) is 0.205. The van der Waals surface area contributed by atoms with E-state index in [1.165, 1.54) is 6.07 Å². The van der Waals surface area contributed by atoms with Gasteiger partial charge < -0.3 is 10.2 Å². The molecule has 0 bridgehead atoms. The minimum Gasteiger partial charge on any atom is -0.507 e. The van der Waals surface area contributed by atoms with Crippen LogP contribution >= 0.6 is 0 Å². The van der Waals surface area contributed by atoms with Crippen LogP contribution in [0.25, 0.3) is 23.9 Å². The molecule has 0 fully saturated rings. The Bertz CT molecular complexity index is 600. The Morgan fingerprint density at radius 1 is 1.00 bits per heavy atom. The van der Waals surface area contributed by atoms with Crippen molar-refractivity contribution >= 4 is 23.9 Å². The Kier molecular flexibility index (Phi) is 1.71. The molecular weight excluding hydrogens is 176 g/mol. The molecule has 0 aliphatic carbocycles. The van der Waals surface area contributed by atoms with Crippen molar-refractivity contribution in [2.75, 3.05) is 0 Å². The first kappa shape index (κ1) is 8.63. The predicted octanol–water partition coefficient (Wildman–Crippen LogP) is 1.07. The molecule has 2 rings (SSSR count). The molecule has 0 heterocycles. The molecule has 2 aromatic rings. The highest BCUT2D eigenvalue weighted by Gasteiger charge is 2.05. The Labute approximate surface area is 81.1 Å². The Morgan fingerprint density at radius 3 is 2.43 bits per heavy atom. The van der Waals surface area contributed by atoms with Crippen LogP contribution in [0.3, 0.4) is 0 Å². The number of hydrogen-bond acceptors (Lipinski definition) is 2. The van der Waals surface area contributed by atoms with Gasteiger partial charge in [0, 0.05) is 16.0 Å². The highest BCUT2D eigenvalue weighted by atomic mass is 16.3. The topological polar surface area (TPSA) is 40.5 Å². The van der Waals surface area contributed by atoms with E-state index in [1.54, 1.807) is 18.2 Å². The van der Waals surface area contributed by atoms with Crippen molar-refractivity contribution in [1.82, 2.24) is 0 Å². The first-order chi connectivity index (χ1) is 6.61. The third-order valence-corrected chi connectivity index (χ3v) is 2.28. The quantitative estimate of drug-likeness (QED) is 0.604. The maximum absolute atomic E-state index is 9.75. The van der Waals surface area contributed by atoms with Crippen LogP contribution in [0.2, 0.25) is 0 Å². The third kappa shape index (κ3) is 1.04. The normalized spacial score (nSPS) is 10.6. The van der Waals surface area contributed by atoms with E-state index < -0.39 is 0 Å². The van der Waals surface area contributed by atoms with Crippen LogP contribution in [0, 0.1) is 0 Å². The van der Waals surface area contributed by atoms with Gasteiger partial charge in [0.15, 0.2) is 0 Å². The molecular formula is C12H10O2. The standard InChI is InChI=1S/C12H10O2/c1-7-4-3-5-9-10(13)6-8(2)12(14)11(7)9/h3-6,13-14H,1-2H2. The van der Waals surface area contributed by atoms with Crippen molar-refractivity contribution in [2.24, 2.45) is 0 Å². The summed E-state index contributed by atoms with van der Waals surface area (Å²) >= 11 is 0. The molecule has 0 aromatic heterocycles. The van der Waals surface area contributed by atoms with Gasteiger partial charge in [-0.15, -0.1) is 0 Å². The lowest BCUT2D eigenvalue weighted by atomic mass is 10.1. The molecule has 0 aliphatic rings. The number of benzene rings is 2. The van der Waals surface area contributed by atoms with E-state index in [1.807, 2.05) is 0 Å². The molecule has 0 spiro atoms. The minimum absolute atomic E-state index is 0.0865. The van der Waals surface area contributed by atoms with Gasteiger partial charge in [0.1, 0.15) is 11.5 Å². The summed E-state index contributed by atoms with van der Waals surface area (Å²) in [7, 11) is 0. The van der Waals surface area contributed by atoms with Gasteiger partial charge in [-0.05, 0) is 11.3 Å². The monoisotopic (exact) mass is 186 g/mol. The molecule has 2 N–H and O–H groups in total. The summed E-state index contributed by atoms with van der Waals surface area (Å²) in [4.78, 5) is 0. The lowest BCUT2D eigenvalue weighted by Crippen LogP contribution is -2.05. The van der Waals surface area contributed by atoms with E-state index in [2.05, 4.69) is 13.2 Å². The largest absolute Gasteiger partial charge is 0.507 e. The Morgan fingerprint density at radius 2 is 1.71 bits per heavy atom. The third-order valence-electron chi connectivity index (χ3n) is 2.28. The van der Waals surface area contributed by atoms with Gasteiger partial charge in [0.05, 0.1) is 0 Å². The zero-order chi connectivity index (χ0) is 10.3. The summed E-state index contributed by atoms with van der Waals surface area (Å²) < 4.78 is 0. The van der Waals surface area contributed by atoms with Crippen molar-refractivity contribution in [3.8, 4) is 11.5 Å². The first-order valence-electron chi connectivity index (χ1n) is 4.23. The van der Waals surface area contributed by atoms with Gasteiger partial charge in [-0.2, -0.15) is 0 Å². The number of fused-ring (bicyclic) bond motifs is 1. The molecule has 2 nitrogen and oxygen atoms in total. The van der Waals surface area contributed by atoms with Crippen molar-refractivity contribution in [1.29, 1.82) is 0 Å². The highest BCUT2D eigenvalue weighted by Crippen LogP contribution is 2.24. The molecule has 70 valence electrons. The molecule has 0 radical (unpaired) electrons. The second kappa shape index (κ2) is 2.77. The summed E-state index contributed by atoms with van der Waals surface area (Å²) in [6.07, 6.45) is 0. The second-order valence-corrected chi connectivity index (χ2v) is 3.24. The fourth-order valence-corrected chi connectivity index (χ4v) is 1.56. The zero-order valence-corrected chi connectivity index (χ0v) is 7.62. The van der Waals surface area contributed by atoms with E-state index in [-0.39, 0.29) is 11.5 Å². The summed E-state index contributed by atoms with van der Waals surface area (Å²) in [5, 5.41) is 21.6. The van der Waals surface area contributed by atoms with Crippen LogP contribution in [-0.2, 0) is 0 Å². The van der Waals surface area contributed by atoms with Gasteiger partial charge in [0.25, 0.3) is 0 Å². The maximum Gasteiger partial charge on any atom is 0.130 e. The van der Waals surface area contributed by atoms with E-state index in [4.69, 9.17) is 0 Å². The van der Waals surface area contributed by atoms with Crippen molar-refractivity contribution in [2.45, 2.75) is 0 Å². The van der Waals surface area contributed by atoms with E-state index in [0.29, 0.717) is 21.2 Å². The maximum atomic E-state index is 9.75. The van der Waals surface area contributed by atoms with Crippen molar-refractivity contribution < 1.29 is 10.2 Å². The van der Waals surface area contributed by atoms with Crippen LogP contribution in [0.5, 0.6) is 11.5 Å². The molecule has 14 heavy (non-hydrogen) atoms. The molecule has 0 saturated heterocycles. The van der Waals surface area contributed by atoms with E-state index >= 15 is 0 Å². The Hall–Kier alpha value is -1.96. The predicted molar refractivity (Wildman–Crippen MR) is 57.6 cm³/mol. The fourth-order valence-electron chi connectivity index (χ4n) is 1.56. The van der Waals surface area contributed by atoms with Gasteiger partial charge in [-0.3, -0.25) is 0 Å². The lowest BCUT2D eigenvalue weighted by molar-refractivity contribution is 0.466. The van der Waals surface area contributed by atoms with E-state index in [9.17, 15) is 10.2 Å². The van der Waals surface area contributed by atoms with Gasteiger partial charge >= 0.3 is 0 Å². The SMILES string of the molecule is C=c1cc(O)c2cccc(=C)c2c1O. The summed E-state index contributed by atoms with van der Waals surface area (Å²) in [6.45, 7) is 7.43. The fraction of sp³-hybridized carbons (Fsp3) is 0. The smallest absolute Gasteiger partial charge is 0.130 e. The number of phenolic OH excluding ortho intramolecular Hbond substituents is 2. The lowest BCUT2D eigenvalue weighted by Gasteiger charge is -2.04. The van der Waals surface area contributed by atoms with Crippen LogP contribution in [-0.4, -0.2) is 10.2 Å². The van der Waals surface area contributed by atoms with Gasteiger partial charge in [0.2, 0.25) is 0 Å². The van der Waals surface area contributed by atoms with Crippen LogP contribution in [0.15, 0.2) is 24.3 Å². The zero-order valence-electron chi connectivity index (χ0n) is 7.62. The molecule has 0 amide bonds. The molecule has 2 heteroatoms. The number of hydrogen-bond donors (Lipinski definition) is 2. The van der Waals surface area contributed by atoms with Crippen LogP contribution < -0.4 is 10.4 Å². The summed E-state index contributed by atoms with van der Waals surface area (Å²) in [5.41, 5.74) is 0. The average Bonchev–Trinajstić information content (AvgIpc) is 2.14. The van der Waals surface area contributed by atoms with Gasteiger partial charge in [-0.1, -0.05) is 31.4 Å². The molecule has 0 atom stereocenters. The highest BCUT2D eigenvalue weighted by molar-refractivity contribution is 5.93. The minimum atomic E-state index is 0.0865. The summed E-state index contributed by atoms with van der Waals surface area (Å²) in [6, 6.07) is 6.74. The number of phenols is 2. The number of aromatic hydroxyl groups is 2. The first-order valence-corrected chi connectivity index (χ1v) is 4.23. The molecule has 2 aromatic carbocycles. The van der Waals surface area contributed by atoms with Crippen molar-refractivity contribution in [3.05, 3.63) is 34.7 Å². The second-order valence-electron chi connectivity index (χ2n) is 3.24. The van der Waals surface area contributed by atoms with Gasteiger partial charge in [-0.25, -0.2) is 0 Å². The van der Waals surface area contributed by atoms with Crippen LogP contribution in [0.1, 0.15) is 0 Å². The molecule has 0 saturated carbocycles. The molecule has 0 unspecified atom stereocenters. The number of rotatable bonds is 0. The van der Waals surface area contributed by atoms with E-state index in [0.717, 1.165) is 0 Å². The van der Waals surface area contributed by atoms with Crippen molar-refractivity contribution in [3.63, 3.8) is 0 Å². The average molecular weight is 186 g/mol. The molecule has 0 aliphatic heterocycles.